The standard InChI is InChI=1S/C20H31N3O2.2ClH/c1-21-8-5-17-6-9-23(10-7-17)20(24)19-4-2-3-18(15-19)16-22-11-13-25-14-12-22;;/h2-4,15,17,21H,5-14,16H2,1H3;2*1H. The van der Waals surface area contributed by atoms with E-state index in [0.717, 1.165) is 76.8 Å². The summed E-state index contributed by atoms with van der Waals surface area (Å²) in [4.78, 5) is 17.3. The first kappa shape index (κ1) is 24.2. The highest BCUT2D eigenvalue weighted by atomic mass is 35.5. The van der Waals surface area contributed by atoms with Crippen molar-refractivity contribution in [3.63, 3.8) is 0 Å². The SMILES string of the molecule is CNCCC1CCN(C(=O)c2cccc(CN3CCOCC3)c2)CC1.Cl.Cl. The summed E-state index contributed by atoms with van der Waals surface area (Å²) >= 11 is 0. The van der Waals surface area contributed by atoms with Crippen molar-refractivity contribution in [2.45, 2.75) is 25.8 Å². The number of halogens is 2. The van der Waals surface area contributed by atoms with Gasteiger partial charge in [0.05, 0.1) is 13.2 Å². The molecule has 0 atom stereocenters. The van der Waals surface area contributed by atoms with E-state index in [2.05, 4.69) is 22.3 Å². The Morgan fingerprint density at radius 2 is 1.85 bits per heavy atom. The molecule has 0 radical (unpaired) electrons. The minimum absolute atomic E-state index is 0. The van der Waals surface area contributed by atoms with Crippen LogP contribution in [0, 0.1) is 5.92 Å². The van der Waals surface area contributed by atoms with E-state index >= 15 is 0 Å². The Balaban J connectivity index is 0.00000182. The molecule has 1 aromatic rings. The van der Waals surface area contributed by atoms with Gasteiger partial charge < -0.3 is 15.0 Å². The molecule has 2 aliphatic heterocycles. The zero-order valence-electron chi connectivity index (χ0n) is 16.2. The van der Waals surface area contributed by atoms with Gasteiger partial charge in [-0.05, 0) is 56.5 Å². The van der Waals surface area contributed by atoms with E-state index in [1.165, 1.54) is 12.0 Å². The van der Waals surface area contributed by atoms with Crippen LogP contribution in [0.2, 0.25) is 0 Å². The van der Waals surface area contributed by atoms with Gasteiger partial charge in [0, 0.05) is 38.3 Å². The van der Waals surface area contributed by atoms with E-state index < -0.39 is 0 Å². The molecule has 1 amide bonds. The number of nitrogens with zero attached hydrogens (tertiary/aromatic N) is 2. The monoisotopic (exact) mass is 417 g/mol. The molecule has 0 bridgehead atoms. The molecule has 0 saturated carbocycles. The third-order valence-electron chi connectivity index (χ3n) is 5.39. The zero-order chi connectivity index (χ0) is 17.5. The fourth-order valence-electron chi connectivity index (χ4n) is 3.78. The van der Waals surface area contributed by atoms with E-state index in [9.17, 15) is 4.79 Å². The molecule has 0 spiro atoms. The number of piperidine rings is 1. The predicted octanol–water partition coefficient (Wildman–Crippen LogP) is 2.82. The van der Waals surface area contributed by atoms with Gasteiger partial charge in [0.15, 0.2) is 0 Å². The number of carbonyl (C=O) groups excluding carboxylic acids is 1. The summed E-state index contributed by atoms with van der Waals surface area (Å²) in [6.45, 7) is 7.30. The van der Waals surface area contributed by atoms with Gasteiger partial charge in [-0.1, -0.05) is 12.1 Å². The quantitative estimate of drug-likeness (QED) is 0.772. The van der Waals surface area contributed by atoms with Gasteiger partial charge in [0.1, 0.15) is 0 Å². The third kappa shape index (κ3) is 7.24. The maximum absolute atomic E-state index is 12.8. The fourth-order valence-corrected chi connectivity index (χ4v) is 3.78. The van der Waals surface area contributed by atoms with E-state index in [1.807, 2.05) is 24.1 Å². The van der Waals surface area contributed by atoms with Crippen LogP contribution in [-0.2, 0) is 11.3 Å². The van der Waals surface area contributed by atoms with Gasteiger partial charge in [-0.15, -0.1) is 24.8 Å². The summed E-state index contributed by atoms with van der Waals surface area (Å²) in [5.74, 6) is 0.944. The molecule has 0 unspecified atom stereocenters. The number of likely N-dealkylation sites (tertiary alicyclic amines) is 1. The van der Waals surface area contributed by atoms with Crippen LogP contribution in [0.25, 0.3) is 0 Å². The number of nitrogens with one attached hydrogen (secondary N) is 1. The van der Waals surface area contributed by atoms with Crippen molar-refractivity contribution in [2.75, 3.05) is 53.0 Å². The van der Waals surface area contributed by atoms with Crippen molar-refractivity contribution in [2.24, 2.45) is 5.92 Å². The molecule has 0 aliphatic carbocycles. The summed E-state index contributed by atoms with van der Waals surface area (Å²) in [5, 5.41) is 3.22. The Kier molecular flexibility index (Phi) is 11.3. The Hall–Kier alpha value is -0.850. The number of hydrogen-bond donors (Lipinski definition) is 1. The first-order chi connectivity index (χ1) is 12.3. The van der Waals surface area contributed by atoms with Crippen molar-refractivity contribution in [3.05, 3.63) is 35.4 Å². The van der Waals surface area contributed by atoms with Crippen LogP contribution in [0.5, 0.6) is 0 Å². The average molecular weight is 418 g/mol. The molecule has 5 nitrogen and oxygen atoms in total. The number of benzene rings is 1. The highest BCUT2D eigenvalue weighted by Crippen LogP contribution is 2.22. The predicted molar refractivity (Wildman–Crippen MR) is 114 cm³/mol. The van der Waals surface area contributed by atoms with Crippen LogP contribution in [0.1, 0.15) is 35.2 Å². The number of morpholine rings is 1. The molecule has 0 aromatic heterocycles. The third-order valence-corrected chi connectivity index (χ3v) is 5.39. The summed E-state index contributed by atoms with van der Waals surface area (Å²) in [6, 6.07) is 8.17. The van der Waals surface area contributed by atoms with Gasteiger partial charge in [0.25, 0.3) is 5.91 Å². The summed E-state index contributed by atoms with van der Waals surface area (Å²) in [5.41, 5.74) is 2.05. The van der Waals surface area contributed by atoms with Crippen LogP contribution < -0.4 is 5.32 Å². The second-order valence-electron chi connectivity index (χ2n) is 7.22. The minimum Gasteiger partial charge on any atom is -0.379 e. The molecule has 2 saturated heterocycles. The fraction of sp³-hybridized carbons (Fsp3) is 0.650. The van der Waals surface area contributed by atoms with Crippen molar-refractivity contribution in [1.29, 1.82) is 0 Å². The lowest BCUT2D eigenvalue weighted by molar-refractivity contribution is 0.0341. The lowest BCUT2D eigenvalue weighted by Gasteiger charge is -2.32. The van der Waals surface area contributed by atoms with E-state index in [0.29, 0.717) is 0 Å². The first-order valence-electron chi connectivity index (χ1n) is 9.59. The van der Waals surface area contributed by atoms with Gasteiger partial charge in [0.2, 0.25) is 0 Å². The average Bonchev–Trinajstić information content (AvgIpc) is 2.67. The number of carbonyl (C=O) groups is 1. The molecule has 1 N–H and O–H groups in total. The van der Waals surface area contributed by atoms with E-state index in [4.69, 9.17) is 4.74 Å². The molecule has 3 rings (SSSR count). The highest BCUT2D eigenvalue weighted by Gasteiger charge is 2.23. The van der Waals surface area contributed by atoms with Crippen LogP contribution in [-0.4, -0.2) is 68.7 Å². The van der Waals surface area contributed by atoms with Crippen molar-refractivity contribution in [3.8, 4) is 0 Å². The molecule has 27 heavy (non-hydrogen) atoms. The van der Waals surface area contributed by atoms with Gasteiger partial charge >= 0.3 is 0 Å². The van der Waals surface area contributed by atoms with Crippen molar-refractivity contribution < 1.29 is 9.53 Å². The maximum atomic E-state index is 12.8. The maximum Gasteiger partial charge on any atom is 0.253 e. The smallest absolute Gasteiger partial charge is 0.253 e. The highest BCUT2D eigenvalue weighted by molar-refractivity contribution is 5.94. The number of amides is 1. The lowest BCUT2D eigenvalue weighted by Crippen LogP contribution is -2.39. The van der Waals surface area contributed by atoms with Gasteiger partial charge in [-0.3, -0.25) is 9.69 Å². The Morgan fingerprint density at radius 1 is 1.15 bits per heavy atom. The van der Waals surface area contributed by atoms with Crippen LogP contribution in [0.15, 0.2) is 24.3 Å². The lowest BCUT2D eigenvalue weighted by atomic mass is 9.93. The zero-order valence-corrected chi connectivity index (χ0v) is 17.8. The molecule has 1 aromatic carbocycles. The molecular weight excluding hydrogens is 385 g/mol. The largest absolute Gasteiger partial charge is 0.379 e. The minimum atomic E-state index is 0. The molecule has 2 heterocycles. The number of hydrogen-bond acceptors (Lipinski definition) is 4. The summed E-state index contributed by atoms with van der Waals surface area (Å²) in [6.07, 6.45) is 3.47. The second kappa shape index (κ2) is 12.6. The number of ether oxygens (including phenoxy) is 1. The molecule has 154 valence electrons. The normalized spacial score (nSPS) is 18.5. The second-order valence-corrected chi connectivity index (χ2v) is 7.22. The Morgan fingerprint density at radius 3 is 2.52 bits per heavy atom. The van der Waals surface area contributed by atoms with Gasteiger partial charge in [-0.25, -0.2) is 0 Å². The van der Waals surface area contributed by atoms with Crippen LogP contribution >= 0.6 is 24.8 Å². The summed E-state index contributed by atoms with van der Waals surface area (Å²) in [7, 11) is 2.00. The van der Waals surface area contributed by atoms with Crippen LogP contribution in [0.4, 0.5) is 0 Å². The summed E-state index contributed by atoms with van der Waals surface area (Å²) < 4.78 is 5.41. The Labute approximate surface area is 175 Å². The molecule has 2 aliphatic rings. The van der Waals surface area contributed by atoms with Crippen LogP contribution in [0.3, 0.4) is 0 Å². The molecular formula is C20H33Cl2N3O2. The number of rotatable bonds is 6. The molecule has 7 heteroatoms. The van der Waals surface area contributed by atoms with E-state index in [-0.39, 0.29) is 30.7 Å². The topological polar surface area (TPSA) is 44.8 Å². The van der Waals surface area contributed by atoms with Crippen molar-refractivity contribution >= 4 is 30.7 Å². The first-order valence-corrected chi connectivity index (χ1v) is 9.59. The molecule has 2 fully saturated rings. The van der Waals surface area contributed by atoms with Gasteiger partial charge in [-0.2, -0.15) is 0 Å². The van der Waals surface area contributed by atoms with E-state index in [1.54, 1.807) is 0 Å². The van der Waals surface area contributed by atoms with Crippen molar-refractivity contribution in [1.82, 2.24) is 15.1 Å². The Bertz CT molecular complexity index is 560.